The minimum absolute atomic E-state index is 0.0189. The summed E-state index contributed by atoms with van der Waals surface area (Å²) in [5, 5.41) is 13.2. The van der Waals surface area contributed by atoms with E-state index in [1.54, 1.807) is 15.7 Å². The molecule has 0 N–H and O–H groups in total. The van der Waals surface area contributed by atoms with Gasteiger partial charge in [-0.05, 0) is 37.8 Å². The van der Waals surface area contributed by atoms with Crippen LogP contribution in [0.2, 0.25) is 0 Å². The van der Waals surface area contributed by atoms with Gasteiger partial charge in [-0.25, -0.2) is 0 Å². The Kier molecular flexibility index (Phi) is 4.52. The summed E-state index contributed by atoms with van der Waals surface area (Å²) in [5.74, 6) is 2.27. The van der Waals surface area contributed by atoms with Crippen LogP contribution in [0.15, 0.2) is 12.1 Å². The number of nitrogens with zero attached hydrogens (tertiary/aromatic N) is 7. The highest BCUT2D eigenvalue weighted by molar-refractivity contribution is 7.86. The van der Waals surface area contributed by atoms with Gasteiger partial charge in [-0.2, -0.15) is 21.5 Å². The van der Waals surface area contributed by atoms with E-state index >= 15 is 0 Å². The van der Waals surface area contributed by atoms with E-state index in [2.05, 4.69) is 15.1 Å². The Labute approximate surface area is 165 Å². The molecular weight excluding hydrogens is 378 g/mol. The maximum Gasteiger partial charge on any atom is 0.282 e. The van der Waals surface area contributed by atoms with Crippen molar-refractivity contribution >= 4 is 21.7 Å². The molecule has 2 saturated heterocycles. The lowest BCUT2D eigenvalue weighted by atomic mass is 10.1. The highest BCUT2D eigenvalue weighted by Crippen LogP contribution is 2.39. The van der Waals surface area contributed by atoms with E-state index in [0.717, 1.165) is 55.8 Å². The van der Waals surface area contributed by atoms with Gasteiger partial charge in [0.1, 0.15) is 5.82 Å². The number of aromatic nitrogens is 4. The van der Waals surface area contributed by atoms with Crippen molar-refractivity contribution in [2.75, 3.05) is 38.1 Å². The first kappa shape index (κ1) is 18.3. The van der Waals surface area contributed by atoms with Crippen molar-refractivity contribution in [2.24, 2.45) is 0 Å². The minimum atomic E-state index is -3.39. The Bertz CT molecular complexity index is 957. The van der Waals surface area contributed by atoms with Crippen molar-refractivity contribution in [1.82, 2.24) is 28.4 Å². The average Bonchev–Trinajstić information content (AvgIpc) is 3.45. The first-order chi connectivity index (χ1) is 13.5. The van der Waals surface area contributed by atoms with E-state index in [-0.39, 0.29) is 6.04 Å². The number of rotatable bonds is 5. The summed E-state index contributed by atoms with van der Waals surface area (Å²) in [6.45, 7) is 2.59. The molecule has 2 aliphatic heterocycles. The molecule has 5 rings (SSSR count). The van der Waals surface area contributed by atoms with Gasteiger partial charge in [0.15, 0.2) is 11.5 Å². The number of anilines is 1. The molecule has 1 aliphatic carbocycles. The molecule has 0 atom stereocenters. The van der Waals surface area contributed by atoms with Crippen molar-refractivity contribution in [3.05, 3.63) is 18.0 Å². The SMILES string of the molecule is CN(C1CN(c2ccc3nnc(C4CC4)n3n2)C1)S(=O)(=O)N1CCCCCC1. The first-order valence-electron chi connectivity index (χ1n) is 10.2. The van der Waals surface area contributed by atoms with Crippen LogP contribution in [0.4, 0.5) is 5.82 Å². The molecule has 10 heteroatoms. The Morgan fingerprint density at radius 1 is 1.04 bits per heavy atom. The minimum Gasteiger partial charge on any atom is -0.352 e. The quantitative estimate of drug-likeness (QED) is 0.744. The van der Waals surface area contributed by atoms with Gasteiger partial charge in [-0.3, -0.25) is 0 Å². The standard InChI is InChI=1S/C18H27N7O2S/c1-22(28(26,27)24-10-4-2-3-5-11-24)15-12-23(13-15)17-9-8-16-19-20-18(14-6-7-14)25(16)21-17/h8-9,14-15H,2-7,10-13H2,1H3. The molecule has 152 valence electrons. The normalized spacial score (nSPS) is 22.6. The fraction of sp³-hybridized carbons (Fsp3) is 0.722. The highest BCUT2D eigenvalue weighted by atomic mass is 32.2. The topological polar surface area (TPSA) is 86.9 Å². The first-order valence-corrected chi connectivity index (χ1v) is 11.6. The third-order valence-corrected chi connectivity index (χ3v) is 8.21. The molecule has 0 unspecified atom stereocenters. The Balaban J connectivity index is 1.27. The van der Waals surface area contributed by atoms with Crippen LogP contribution >= 0.6 is 0 Å². The Morgan fingerprint density at radius 2 is 1.75 bits per heavy atom. The van der Waals surface area contributed by atoms with E-state index in [0.29, 0.717) is 32.1 Å². The zero-order valence-corrected chi connectivity index (χ0v) is 17.1. The van der Waals surface area contributed by atoms with Gasteiger partial charge in [-0.15, -0.1) is 15.3 Å². The summed E-state index contributed by atoms with van der Waals surface area (Å²) in [6, 6.07) is 3.86. The summed E-state index contributed by atoms with van der Waals surface area (Å²) in [7, 11) is -1.68. The van der Waals surface area contributed by atoms with Crippen molar-refractivity contribution in [2.45, 2.75) is 50.5 Å². The van der Waals surface area contributed by atoms with Crippen LogP contribution in [-0.4, -0.2) is 76.1 Å². The zero-order valence-electron chi connectivity index (χ0n) is 16.2. The Morgan fingerprint density at radius 3 is 2.43 bits per heavy atom. The van der Waals surface area contributed by atoms with Gasteiger partial charge in [0, 0.05) is 39.1 Å². The molecule has 0 amide bonds. The molecule has 0 aromatic carbocycles. The lowest BCUT2D eigenvalue weighted by Gasteiger charge is -2.44. The van der Waals surface area contributed by atoms with Crippen LogP contribution in [-0.2, 0) is 10.2 Å². The van der Waals surface area contributed by atoms with E-state index < -0.39 is 10.2 Å². The van der Waals surface area contributed by atoms with E-state index in [9.17, 15) is 8.42 Å². The molecular formula is C18H27N7O2S. The van der Waals surface area contributed by atoms with Crippen LogP contribution < -0.4 is 4.90 Å². The van der Waals surface area contributed by atoms with Crippen molar-refractivity contribution < 1.29 is 8.42 Å². The predicted octanol–water partition coefficient (Wildman–Crippen LogP) is 1.24. The molecule has 4 heterocycles. The molecule has 3 aliphatic rings. The second-order valence-corrected chi connectivity index (χ2v) is 10.2. The molecule has 0 bridgehead atoms. The van der Waals surface area contributed by atoms with E-state index in [1.807, 2.05) is 16.6 Å². The van der Waals surface area contributed by atoms with E-state index in [4.69, 9.17) is 5.10 Å². The summed E-state index contributed by atoms with van der Waals surface area (Å²) in [4.78, 5) is 2.12. The van der Waals surface area contributed by atoms with Crippen LogP contribution in [0.25, 0.3) is 5.65 Å². The largest absolute Gasteiger partial charge is 0.352 e. The van der Waals surface area contributed by atoms with Gasteiger partial charge in [0.2, 0.25) is 0 Å². The van der Waals surface area contributed by atoms with Crippen molar-refractivity contribution in [1.29, 1.82) is 0 Å². The second-order valence-electron chi connectivity index (χ2n) is 8.19. The van der Waals surface area contributed by atoms with E-state index in [1.165, 1.54) is 0 Å². The van der Waals surface area contributed by atoms with Crippen LogP contribution in [0, 0.1) is 0 Å². The molecule has 3 fully saturated rings. The molecule has 9 nitrogen and oxygen atoms in total. The van der Waals surface area contributed by atoms with Gasteiger partial charge in [-0.1, -0.05) is 12.8 Å². The average molecular weight is 406 g/mol. The molecule has 0 radical (unpaired) electrons. The lowest BCUT2D eigenvalue weighted by molar-refractivity contribution is 0.280. The maximum absolute atomic E-state index is 13.0. The van der Waals surface area contributed by atoms with Crippen molar-refractivity contribution in [3.8, 4) is 0 Å². The monoisotopic (exact) mass is 405 g/mol. The maximum atomic E-state index is 13.0. The van der Waals surface area contributed by atoms with Crippen LogP contribution in [0.3, 0.4) is 0 Å². The molecule has 0 spiro atoms. The van der Waals surface area contributed by atoms with Gasteiger partial charge >= 0.3 is 0 Å². The third-order valence-electron chi connectivity index (χ3n) is 6.17. The second kappa shape index (κ2) is 6.93. The highest BCUT2D eigenvalue weighted by Gasteiger charge is 2.39. The fourth-order valence-electron chi connectivity index (χ4n) is 4.08. The third kappa shape index (κ3) is 3.17. The van der Waals surface area contributed by atoms with Crippen LogP contribution in [0.1, 0.15) is 50.3 Å². The van der Waals surface area contributed by atoms with Crippen LogP contribution in [0.5, 0.6) is 0 Å². The summed E-state index contributed by atoms with van der Waals surface area (Å²) in [6.07, 6.45) is 6.45. The number of fused-ring (bicyclic) bond motifs is 1. The number of hydrogen-bond donors (Lipinski definition) is 0. The smallest absolute Gasteiger partial charge is 0.282 e. The molecule has 28 heavy (non-hydrogen) atoms. The van der Waals surface area contributed by atoms with Crippen molar-refractivity contribution in [3.63, 3.8) is 0 Å². The van der Waals surface area contributed by atoms with Gasteiger partial charge in [0.05, 0.1) is 6.04 Å². The number of likely N-dealkylation sites (N-methyl/N-ethyl adjacent to an activating group) is 1. The number of hydrogen-bond acceptors (Lipinski definition) is 6. The predicted molar refractivity (Wildman–Crippen MR) is 105 cm³/mol. The summed E-state index contributed by atoms with van der Waals surface area (Å²) < 4.78 is 31.0. The molecule has 2 aromatic rings. The fourth-order valence-corrected chi connectivity index (χ4v) is 5.67. The summed E-state index contributed by atoms with van der Waals surface area (Å²) in [5.41, 5.74) is 0.767. The molecule has 1 saturated carbocycles. The summed E-state index contributed by atoms with van der Waals surface area (Å²) >= 11 is 0. The zero-order chi connectivity index (χ0) is 19.3. The van der Waals surface area contributed by atoms with Gasteiger partial charge in [0.25, 0.3) is 10.2 Å². The molecule has 2 aromatic heterocycles. The Hall–Kier alpha value is -1.78. The van der Waals surface area contributed by atoms with Gasteiger partial charge < -0.3 is 4.90 Å². The lowest BCUT2D eigenvalue weighted by Crippen LogP contribution is -2.62.